The van der Waals surface area contributed by atoms with E-state index in [0.29, 0.717) is 11.3 Å². The lowest BCUT2D eigenvalue weighted by Gasteiger charge is -2.04. The fourth-order valence-electron chi connectivity index (χ4n) is 2.47. The Hall–Kier alpha value is -2.05. The summed E-state index contributed by atoms with van der Waals surface area (Å²) < 4.78 is 0. The fourth-order valence-corrected chi connectivity index (χ4v) is 3.69. The lowest BCUT2D eigenvalue weighted by molar-refractivity contribution is 0.914. The van der Waals surface area contributed by atoms with Gasteiger partial charge in [-0.05, 0) is 36.5 Å². The summed E-state index contributed by atoms with van der Waals surface area (Å²) in [6.07, 6.45) is 3.54. The Morgan fingerprint density at radius 3 is 2.68 bits per heavy atom. The molecule has 2 aromatic rings. The number of aryl methyl sites for hydroxylation is 2. The molecule has 1 aliphatic rings. The number of nitriles is 1. The van der Waals surface area contributed by atoms with E-state index in [1.807, 2.05) is 30.3 Å². The van der Waals surface area contributed by atoms with E-state index in [-0.39, 0.29) is 0 Å². The summed E-state index contributed by atoms with van der Waals surface area (Å²) in [6, 6.07) is 14.0. The number of allylic oxidation sites excluding steroid dienone is 1. The van der Waals surface area contributed by atoms with Crippen LogP contribution in [0.2, 0.25) is 0 Å². The van der Waals surface area contributed by atoms with Gasteiger partial charge < -0.3 is 5.73 Å². The van der Waals surface area contributed by atoms with Crippen molar-refractivity contribution in [2.24, 2.45) is 5.73 Å². The lowest BCUT2D eigenvalue weighted by Crippen LogP contribution is -1.98. The minimum atomic E-state index is 0.570. The molecule has 3 heteroatoms. The standard InChI is InChI=1S/C16H14N2S/c17-10-13(11-5-2-1-3-6-11)16(18)15-9-12-7-4-8-14(12)19-15/h1-3,5-6,9H,4,7-8,18H2/b16-13-. The van der Waals surface area contributed by atoms with E-state index in [2.05, 4.69) is 12.1 Å². The van der Waals surface area contributed by atoms with Gasteiger partial charge in [0.1, 0.15) is 6.07 Å². The van der Waals surface area contributed by atoms with Crippen LogP contribution >= 0.6 is 11.3 Å². The molecule has 3 rings (SSSR count). The van der Waals surface area contributed by atoms with Crippen LogP contribution in [0.5, 0.6) is 0 Å². The first-order chi connectivity index (χ1) is 9.29. The van der Waals surface area contributed by atoms with Crippen molar-refractivity contribution in [3.05, 3.63) is 57.3 Å². The highest BCUT2D eigenvalue weighted by atomic mass is 32.1. The minimum Gasteiger partial charge on any atom is -0.396 e. The van der Waals surface area contributed by atoms with E-state index in [1.54, 1.807) is 11.3 Å². The molecular weight excluding hydrogens is 252 g/mol. The molecule has 0 atom stereocenters. The zero-order chi connectivity index (χ0) is 13.2. The zero-order valence-corrected chi connectivity index (χ0v) is 11.3. The molecule has 94 valence electrons. The smallest absolute Gasteiger partial charge is 0.102 e. The molecule has 0 bridgehead atoms. The van der Waals surface area contributed by atoms with E-state index >= 15 is 0 Å². The normalized spacial score (nSPS) is 14.7. The molecule has 2 N–H and O–H groups in total. The maximum atomic E-state index is 9.38. The predicted molar refractivity (Wildman–Crippen MR) is 79.4 cm³/mol. The van der Waals surface area contributed by atoms with E-state index < -0.39 is 0 Å². The summed E-state index contributed by atoms with van der Waals surface area (Å²) in [7, 11) is 0. The van der Waals surface area contributed by atoms with Gasteiger partial charge in [0.25, 0.3) is 0 Å². The SMILES string of the molecule is N#C/C(=C(/N)c1cc2c(s1)CCC2)c1ccccc1. The molecule has 0 unspecified atom stereocenters. The molecule has 0 fully saturated rings. The third-order valence-electron chi connectivity index (χ3n) is 3.46. The summed E-state index contributed by atoms with van der Waals surface area (Å²) in [4.78, 5) is 2.47. The van der Waals surface area contributed by atoms with Crippen LogP contribution in [-0.4, -0.2) is 0 Å². The van der Waals surface area contributed by atoms with Crippen LogP contribution in [0.15, 0.2) is 36.4 Å². The molecule has 1 aromatic heterocycles. The third-order valence-corrected chi connectivity index (χ3v) is 4.73. The summed E-state index contributed by atoms with van der Waals surface area (Å²) in [5.41, 5.74) is 9.68. The van der Waals surface area contributed by atoms with Gasteiger partial charge in [-0.3, -0.25) is 0 Å². The van der Waals surface area contributed by atoms with Gasteiger partial charge in [-0.25, -0.2) is 0 Å². The first-order valence-corrected chi connectivity index (χ1v) is 7.18. The van der Waals surface area contributed by atoms with E-state index in [4.69, 9.17) is 5.73 Å². The van der Waals surface area contributed by atoms with Crippen molar-refractivity contribution in [3.63, 3.8) is 0 Å². The van der Waals surface area contributed by atoms with Gasteiger partial charge in [0.05, 0.1) is 16.1 Å². The molecule has 0 amide bonds. The summed E-state index contributed by atoms with van der Waals surface area (Å²) >= 11 is 1.73. The number of fused-ring (bicyclic) bond motifs is 1. The highest BCUT2D eigenvalue weighted by Crippen LogP contribution is 2.34. The first-order valence-electron chi connectivity index (χ1n) is 6.37. The van der Waals surface area contributed by atoms with Crippen molar-refractivity contribution in [2.75, 3.05) is 0 Å². The molecule has 2 nitrogen and oxygen atoms in total. The van der Waals surface area contributed by atoms with Crippen molar-refractivity contribution in [3.8, 4) is 6.07 Å². The van der Waals surface area contributed by atoms with Crippen molar-refractivity contribution in [2.45, 2.75) is 19.3 Å². The van der Waals surface area contributed by atoms with Crippen molar-refractivity contribution < 1.29 is 0 Å². The van der Waals surface area contributed by atoms with Gasteiger partial charge in [0.2, 0.25) is 0 Å². The Balaban J connectivity index is 2.06. The van der Waals surface area contributed by atoms with Crippen molar-refractivity contribution in [1.29, 1.82) is 5.26 Å². The van der Waals surface area contributed by atoms with Crippen molar-refractivity contribution >= 4 is 22.6 Å². The molecule has 1 aliphatic carbocycles. The average Bonchev–Trinajstić information content (AvgIpc) is 3.01. The van der Waals surface area contributed by atoms with Crippen LogP contribution in [0.3, 0.4) is 0 Å². The monoisotopic (exact) mass is 266 g/mol. The maximum absolute atomic E-state index is 9.38. The van der Waals surface area contributed by atoms with Crippen LogP contribution in [-0.2, 0) is 12.8 Å². The topological polar surface area (TPSA) is 49.8 Å². The first kappa shape index (κ1) is 12.0. The molecule has 0 saturated heterocycles. The van der Waals surface area contributed by atoms with E-state index in [0.717, 1.165) is 23.3 Å². The second kappa shape index (κ2) is 4.91. The molecule has 0 aliphatic heterocycles. The fraction of sp³-hybridized carbons (Fsp3) is 0.188. The highest BCUT2D eigenvalue weighted by Gasteiger charge is 2.17. The van der Waals surface area contributed by atoms with Gasteiger partial charge in [-0.1, -0.05) is 30.3 Å². The minimum absolute atomic E-state index is 0.570. The van der Waals surface area contributed by atoms with Gasteiger partial charge >= 0.3 is 0 Å². The summed E-state index contributed by atoms with van der Waals surface area (Å²) in [5.74, 6) is 0. The van der Waals surface area contributed by atoms with Crippen LogP contribution in [0.1, 0.15) is 27.3 Å². The van der Waals surface area contributed by atoms with Gasteiger partial charge in [-0.2, -0.15) is 5.26 Å². The third kappa shape index (κ3) is 2.16. The number of hydrogen-bond donors (Lipinski definition) is 1. The van der Waals surface area contributed by atoms with Gasteiger partial charge in [-0.15, -0.1) is 11.3 Å². The number of thiophene rings is 1. The second-order valence-corrected chi connectivity index (χ2v) is 5.82. The van der Waals surface area contributed by atoms with Crippen molar-refractivity contribution in [1.82, 2.24) is 0 Å². The molecular formula is C16H14N2S. The predicted octanol–water partition coefficient (Wildman–Crippen LogP) is 3.59. The lowest BCUT2D eigenvalue weighted by atomic mass is 10.0. The molecule has 0 saturated carbocycles. The zero-order valence-electron chi connectivity index (χ0n) is 10.5. The average molecular weight is 266 g/mol. The van der Waals surface area contributed by atoms with Gasteiger partial charge in [0, 0.05) is 4.88 Å². The van der Waals surface area contributed by atoms with Crippen LogP contribution in [0.4, 0.5) is 0 Å². The Kier molecular flexibility index (Phi) is 3.10. The quantitative estimate of drug-likeness (QED) is 0.844. The Labute approximate surface area is 116 Å². The van der Waals surface area contributed by atoms with Gasteiger partial charge in [0.15, 0.2) is 0 Å². The Morgan fingerprint density at radius 1 is 1.21 bits per heavy atom. The van der Waals surface area contributed by atoms with Crippen LogP contribution < -0.4 is 5.73 Å². The largest absolute Gasteiger partial charge is 0.396 e. The second-order valence-electron chi connectivity index (χ2n) is 4.68. The number of nitrogens with zero attached hydrogens (tertiary/aromatic N) is 1. The number of nitrogens with two attached hydrogens (primary N) is 1. The number of rotatable bonds is 2. The molecule has 1 aromatic carbocycles. The highest BCUT2D eigenvalue weighted by molar-refractivity contribution is 7.13. The summed E-state index contributed by atoms with van der Waals surface area (Å²) in [5, 5.41) is 9.38. The maximum Gasteiger partial charge on any atom is 0.102 e. The van der Waals surface area contributed by atoms with Crippen LogP contribution in [0, 0.1) is 11.3 Å². The molecule has 19 heavy (non-hydrogen) atoms. The molecule has 0 radical (unpaired) electrons. The summed E-state index contributed by atoms with van der Waals surface area (Å²) in [6.45, 7) is 0. The van der Waals surface area contributed by atoms with E-state index in [9.17, 15) is 5.26 Å². The Bertz CT molecular complexity index is 653. The number of hydrogen-bond acceptors (Lipinski definition) is 3. The Morgan fingerprint density at radius 2 is 2.00 bits per heavy atom. The van der Waals surface area contributed by atoms with E-state index in [1.165, 1.54) is 16.9 Å². The number of benzene rings is 1. The molecule has 0 spiro atoms. The van der Waals surface area contributed by atoms with Crippen LogP contribution in [0.25, 0.3) is 11.3 Å². The molecule has 1 heterocycles.